The number of hydrogen-bond donors (Lipinski definition) is 0. The summed E-state index contributed by atoms with van der Waals surface area (Å²) < 4.78 is 0. The van der Waals surface area contributed by atoms with Crippen molar-refractivity contribution >= 4 is 0 Å². The first-order valence-corrected chi connectivity index (χ1v) is 6.12. The lowest BCUT2D eigenvalue weighted by Gasteiger charge is -2.35. The van der Waals surface area contributed by atoms with Gasteiger partial charge in [-0.05, 0) is 38.4 Å². The Labute approximate surface area is 93.1 Å². The van der Waals surface area contributed by atoms with Gasteiger partial charge in [0.25, 0.3) is 0 Å². The first-order valence-electron chi connectivity index (χ1n) is 6.12. The number of piperidine rings is 1. The molecule has 0 spiro atoms. The highest BCUT2D eigenvalue weighted by Crippen LogP contribution is 2.30. The molecule has 1 atom stereocenters. The minimum Gasteiger partial charge on any atom is -0.297 e. The predicted octanol–water partition coefficient (Wildman–Crippen LogP) is 3.54. The number of likely N-dealkylation sites (tertiary alicyclic amines) is 1. The Morgan fingerprint density at radius 3 is 2.93 bits per heavy atom. The Kier molecular flexibility index (Phi) is 3.42. The number of nitrogens with zero attached hydrogens (tertiary/aromatic N) is 1. The van der Waals surface area contributed by atoms with Crippen LogP contribution in [0.1, 0.15) is 43.4 Å². The fourth-order valence-corrected chi connectivity index (χ4v) is 2.62. The molecule has 1 aliphatic rings. The summed E-state index contributed by atoms with van der Waals surface area (Å²) in [4.78, 5) is 2.61. The van der Waals surface area contributed by atoms with Crippen LogP contribution < -0.4 is 0 Å². The summed E-state index contributed by atoms with van der Waals surface area (Å²) in [6.07, 6.45) is 4.09. The number of benzene rings is 1. The van der Waals surface area contributed by atoms with Gasteiger partial charge in [0.1, 0.15) is 0 Å². The first kappa shape index (κ1) is 10.7. The molecule has 1 saturated heterocycles. The molecule has 0 N–H and O–H groups in total. The molecule has 0 saturated carbocycles. The third kappa shape index (κ3) is 2.40. The van der Waals surface area contributed by atoms with Crippen LogP contribution in [-0.2, 0) is 0 Å². The van der Waals surface area contributed by atoms with Gasteiger partial charge in [0.05, 0.1) is 0 Å². The van der Waals surface area contributed by atoms with Crippen molar-refractivity contribution < 1.29 is 0 Å². The van der Waals surface area contributed by atoms with Gasteiger partial charge in [0, 0.05) is 6.04 Å². The van der Waals surface area contributed by atoms with E-state index in [1.165, 1.54) is 43.5 Å². The van der Waals surface area contributed by atoms with Crippen LogP contribution in [0.25, 0.3) is 0 Å². The molecule has 2 rings (SSSR count). The standard InChI is InChI=1S/C14H21N/c1-3-15-10-5-4-9-14(15)13-8-6-7-12(2)11-13/h6-8,11,14H,3-5,9-10H2,1-2H3. The van der Waals surface area contributed by atoms with Crippen LogP contribution in [0.15, 0.2) is 24.3 Å². The summed E-state index contributed by atoms with van der Waals surface area (Å²) in [5.41, 5.74) is 2.89. The van der Waals surface area contributed by atoms with Crippen molar-refractivity contribution in [1.29, 1.82) is 0 Å². The summed E-state index contributed by atoms with van der Waals surface area (Å²) >= 11 is 0. The van der Waals surface area contributed by atoms with E-state index in [1.807, 2.05) is 0 Å². The largest absolute Gasteiger partial charge is 0.297 e. The third-order valence-electron chi connectivity index (χ3n) is 3.45. The van der Waals surface area contributed by atoms with E-state index in [4.69, 9.17) is 0 Å². The van der Waals surface area contributed by atoms with Gasteiger partial charge >= 0.3 is 0 Å². The van der Waals surface area contributed by atoms with E-state index in [0.717, 1.165) is 0 Å². The highest BCUT2D eigenvalue weighted by atomic mass is 15.2. The van der Waals surface area contributed by atoms with E-state index in [0.29, 0.717) is 6.04 Å². The van der Waals surface area contributed by atoms with Crippen molar-refractivity contribution in [3.05, 3.63) is 35.4 Å². The topological polar surface area (TPSA) is 3.24 Å². The number of rotatable bonds is 2. The van der Waals surface area contributed by atoms with Crippen LogP contribution in [0, 0.1) is 6.92 Å². The molecule has 1 aromatic carbocycles. The molecular weight excluding hydrogens is 182 g/mol. The average Bonchev–Trinajstić information content (AvgIpc) is 2.29. The van der Waals surface area contributed by atoms with Crippen molar-refractivity contribution in [1.82, 2.24) is 4.90 Å². The monoisotopic (exact) mass is 203 g/mol. The second-order valence-electron chi connectivity index (χ2n) is 4.55. The maximum Gasteiger partial charge on any atom is 0.0348 e. The molecule has 0 aromatic heterocycles. The second kappa shape index (κ2) is 4.80. The smallest absolute Gasteiger partial charge is 0.0348 e. The fraction of sp³-hybridized carbons (Fsp3) is 0.571. The molecular formula is C14H21N. The molecule has 82 valence electrons. The third-order valence-corrected chi connectivity index (χ3v) is 3.45. The zero-order valence-corrected chi connectivity index (χ0v) is 9.87. The Balaban J connectivity index is 2.20. The molecule has 1 heteroatoms. The van der Waals surface area contributed by atoms with Crippen molar-refractivity contribution in [3.8, 4) is 0 Å². The van der Waals surface area contributed by atoms with E-state index in [1.54, 1.807) is 0 Å². The molecule has 1 nitrogen and oxygen atoms in total. The summed E-state index contributed by atoms with van der Waals surface area (Å²) in [5, 5.41) is 0. The average molecular weight is 203 g/mol. The molecule has 1 unspecified atom stereocenters. The SMILES string of the molecule is CCN1CCCCC1c1cccc(C)c1. The van der Waals surface area contributed by atoms with Gasteiger partial charge in [0.2, 0.25) is 0 Å². The molecule has 0 radical (unpaired) electrons. The van der Waals surface area contributed by atoms with Crippen molar-refractivity contribution in [2.24, 2.45) is 0 Å². The van der Waals surface area contributed by atoms with Crippen LogP contribution in [0.2, 0.25) is 0 Å². The molecule has 1 fully saturated rings. The van der Waals surface area contributed by atoms with Gasteiger partial charge in [-0.1, -0.05) is 43.2 Å². The molecule has 0 amide bonds. The quantitative estimate of drug-likeness (QED) is 0.710. The predicted molar refractivity (Wildman–Crippen MR) is 65.0 cm³/mol. The highest BCUT2D eigenvalue weighted by Gasteiger charge is 2.22. The van der Waals surface area contributed by atoms with E-state index in [2.05, 4.69) is 43.0 Å². The van der Waals surface area contributed by atoms with Crippen LogP contribution in [0.4, 0.5) is 0 Å². The van der Waals surface area contributed by atoms with Crippen LogP contribution >= 0.6 is 0 Å². The Bertz CT molecular complexity index is 319. The Hall–Kier alpha value is -0.820. The van der Waals surface area contributed by atoms with Crippen molar-refractivity contribution in [2.75, 3.05) is 13.1 Å². The lowest BCUT2D eigenvalue weighted by Crippen LogP contribution is -2.33. The van der Waals surface area contributed by atoms with Crippen molar-refractivity contribution in [3.63, 3.8) is 0 Å². The van der Waals surface area contributed by atoms with E-state index in [9.17, 15) is 0 Å². The zero-order valence-electron chi connectivity index (χ0n) is 9.87. The van der Waals surface area contributed by atoms with E-state index >= 15 is 0 Å². The van der Waals surface area contributed by atoms with Crippen LogP contribution in [-0.4, -0.2) is 18.0 Å². The highest BCUT2D eigenvalue weighted by molar-refractivity contribution is 5.25. The molecule has 1 aliphatic heterocycles. The summed E-state index contributed by atoms with van der Waals surface area (Å²) in [6, 6.07) is 9.67. The van der Waals surface area contributed by atoms with Crippen molar-refractivity contribution in [2.45, 2.75) is 39.2 Å². The normalized spacial score (nSPS) is 22.9. The van der Waals surface area contributed by atoms with Crippen LogP contribution in [0.3, 0.4) is 0 Å². The van der Waals surface area contributed by atoms with Gasteiger partial charge < -0.3 is 0 Å². The second-order valence-corrected chi connectivity index (χ2v) is 4.55. The van der Waals surface area contributed by atoms with Gasteiger partial charge in [-0.25, -0.2) is 0 Å². The van der Waals surface area contributed by atoms with Gasteiger partial charge in [-0.3, -0.25) is 4.90 Å². The maximum absolute atomic E-state index is 2.61. The van der Waals surface area contributed by atoms with Gasteiger partial charge in [0.15, 0.2) is 0 Å². The van der Waals surface area contributed by atoms with Crippen LogP contribution in [0.5, 0.6) is 0 Å². The lowest BCUT2D eigenvalue weighted by molar-refractivity contribution is 0.157. The minimum atomic E-state index is 0.670. The lowest BCUT2D eigenvalue weighted by atomic mass is 9.94. The molecule has 0 aliphatic carbocycles. The summed E-state index contributed by atoms with van der Waals surface area (Å²) in [6.45, 7) is 6.91. The fourth-order valence-electron chi connectivity index (χ4n) is 2.62. The molecule has 0 bridgehead atoms. The van der Waals surface area contributed by atoms with E-state index < -0.39 is 0 Å². The maximum atomic E-state index is 2.61. The first-order chi connectivity index (χ1) is 7.31. The summed E-state index contributed by atoms with van der Waals surface area (Å²) in [5.74, 6) is 0. The Morgan fingerprint density at radius 2 is 2.20 bits per heavy atom. The Morgan fingerprint density at radius 1 is 1.33 bits per heavy atom. The minimum absolute atomic E-state index is 0.670. The zero-order chi connectivity index (χ0) is 10.7. The molecule has 1 heterocycles. The number of aryl methyl sites for hydroxylation is 1. The molecule has 15 heavy (non-hydrogen) atoms. The van der Waals surface area contributed by atoms with Gasteiger partial charge in [-0.15, -0.1) is 0 Å². The molecule has 1 aromatic rings. The summed E-state index contributed by atoms with van der Waals surface area (Å²) in [7, 11) is 0. The van der Waals surface area contributed by atoms with Gasteiger partial charge in [-0.2, -0.15) is 0 Å². The van der Waals surface area contributed by atoms with E-state index in [-0.39, 0.29) is 0 Å². The number of hydrogen-bond acceptors (Lipinski definition) is 1.